The van der Waals surface area contributed by atoms with Crippen LogP contribution in [-0.2, 0) is 12.7 Å². The van der Waals surface area contributed by atoms with Gasteiger partial charge in [0.2, 0.25) is 0 Å². The number of benzene rings is 2. The van der Waals surface area contributed by atoms with E-state index in [2.05, 4.69) is 0 Å². The minimum atomic E-state index is -4.94. The topological polar surface area (TPSA) is 89.5 Å². The molecule has 0 heterocycles. The van der Waals surface area contributed by atoms with Crippen molar-refractivity contribution in [3.05, 3.63) is 73.8 Å². The molecule has 0 fully saturated rings. The van der Waals surface area contributed by atoms with E-state index in [1.807, 2.05) is 0 Å². The van der Waals surface area contributed by atoms with Gasteiger partial charge in [0.05, 0.1) is 15.4 Å². The molecule has 0 aliphatic carbocycles. The number of rotatable bonds is 5. The van der Waals surface area contributed by atoms with Crippen molar-refractivity contribution >= 4 is 17.1 Å². The van der Waals surface area contributed by atoms with Crippen LogP contribution in [-0.4, -0.2) is 16.9 Å². The highest BCUT2D eigenvalue weighted by atomic mass is 19.4. The van der Waals surface area contributed by atoms with Crippen molar-refractivity contribution < 1.29 is 23.0 Å². The fraction of sp³-hybridized carbons (Fsp3) is 0.200. The molecule has 0 amide bonds. The lowest BCUT2D eigenvalue weighted by molar-refractivity contribution is -0.393. The Kier molecular flexibility index (Phi) is 4.91. The van der Waals surface area contributed by atoms with E-state index in [4.69, 9.17) is 0 Å². The average molecular weight is 355 g/mol. The van der Waals surface area contributed by atoms with Crippen LogP contribution in [0.5, 0.6) is 0 Å². The first kappa shape index (κ1) is 18.2. The third-order valence-corrected chi connectivity index (χ3v) is 3.43. The Morgan fingerprint density at radius 3 is 1.88 bits per heavy atom. The second-order valence-corrected chi connectivity index (χ2v) is 5.22. The van der Waals surface area contributed by atoms with Gasteiger partial charge in [-0.15, -0.1) is 0 Å². The second-order valence-electron chi connectivity index (χ2n) is 5.22. The minimum absolute atomic E-state index is 0.0495. The Labute approximate surface area is 139 Å². The van der Waals surface area contributed by atoms with Gasteiger partial charge in [0, 0.05) is 25.7 Å². The number of nitro benzene ring substituents is 2. The van der Waals surface area contributed by atoms with Crippen LogP contribution >= 0.6 is 0 Å². The molecule has 10 heteroatoms. The average Bonchev–Trinajstić information content (AvgIpc) is 2.53. The Morgan fingerprint density at radius 1 is 1.00 bits per heavy atom. The summed E-state index contributed by atoms with van der Waals surface area (Å²) in [4.78, 5) is 21.5. The van der Waals surface area contributed by atoms with Gasteiger partial charge in [-0.25, -0.2) is 0 Å². The number of anilines is 1. The zero-order valence-electron chi connectivity index (χ0n) is 12.9. The van der Waals surface area contributed by atoms with Gasteiger partial charge in [0.25, 0.3) is 11.4 Å². The smallest absolute Gasteiger partial charge is 0.359 e. The lowest BCUT2D eigenvalue weighted by Gasteiger charge is -2.20. The summed E-state index contributed by atoms with van der Waals surface area (Å²) < 4.78 is 38.7. The lowest BCUT2D eigenvalue weighted by Crippen LogP contribution is -2.20. The summed E-state index contributed by atoms with van der Waals surface area (Å²) in [5.41, 5.74) is -3.18. The Balaban J connectivity index is 2.61. The molecule has 0 radical (unpaired) electrons. The van der Waals surface area contributed by atoms with E-state index in [-0.39, 0.29) is 6.54 Å². The minimum Gasteiger partial charge on any atom is -0.359 e. The number of nitrogens with zero attached hydrogens (tertiary/aromatic N) is 3. The van der Waals surface area contributed by atoms with E-state index < -0.39 is 38.6 Å². The zero-order chi connectivity index (χ0) is 18.8. The molecule has 0 aliphatic rings. The summed E-state index contributed by atoms with van der Waals surface area (Å²) in [6.07, 6.45) is -4.94. The summed E-state index contributed by atoms with van der Waals surface area (Å²) >= 11 is 0. The SMILES string of the molecule is CN(Cc1ccccc1)c1c([N+](=O)[O-])cc(C(F)(F)F)cc1[N+](=O)[O-]. The first-order valence-corrected chi connectivity index (χ1v) is 6.90. The number of alkyl halides is 3. The van der Waals surface area contributed by atoms with Crippen LogP contribution in [0.4, 0.5) is 30.2 Å². The molecule has 0 spiro atoms. The molecule has 2 rings (SSSR count). The van der Waals surface area contributed by atoms with Crippen molar-refractivity contribution in [2.24, 2.45) is 0 Å². The highest BCUT2D eigenvalue weighted by Gasteiger charge is 2.38. The van der Waals surface area contributed by atoms with Crippen LogP contribution in [0.15, 0.2) is 42.5 Å². The third-order valence-electron chi connectivity index (χ3n) is 3.43. The fourth-order valence-corrected chi connectivity index (χ4v) is 2.37. The van der Waals surface area contributed by atoms with Crippen LogP contribution in [0, 0.1) is 20.2 Å². The molecule has 2 aromatic rings. The van der Waals surface area contributed by atoms with Crippen LogP contribution in [0.3, 0.4) is 0 Å². The maximum atomic E-state index is 12.9. The Hall–Kier alpha value is -3.17. The van der Waals surface area contributed by atoms with Gasteiger partial charge < -0.3 is 4.90 Å². The molecule has 2 aromatic carbocycles. The van der Waals surface area contributed by atoms with Crippen LogP contribution in [0.2, 0.25) is 0 Å². The predicted octanol–water partition coefficient (Wildman–Crippen LogP) is 4.16. The van der Waals surface area contributed by atoms with Crippen molar-refractivity contribution in [3.63, 3.8) is 0 Å². The van der Waals surface area contributed by atoms with E-state index in [0.29, 0.717) is 17.7 Å². The molecule has 0 N–H and O–H groups in total. The molecular formula is C15H12F3N3O4. The summed E-state index contributed by atoms with van der Waals surface area (Å²) in [6, 6.07) is 9.16. The summed E-state index contributed by atoms with van der Waals surface area (Å²) in [5, 5.41) is 22.4. The predicted molar refractivity (Wildman–Crippen MR) is 83.3 cm³/mol. The molecule has 0 atom stereocenters. The molecule has 0 aromatic heterocycles. The van der Waals surface area contributed by atoms with Gasteiger partial charge >= 0.3 is 6.18 Å². The third kappa shape index (κ3) is 4.03. The van der Waals surface area contributed by atoms with Gasteiger partial charge in [0.1, 0.15) is 0 Å². The van der Waals surface area contributed by atoms with Crippen molar-refractivity contribution in [2.75, 3.05) is 11.9 Å². The standard InChI is InChI=1S/C15H12F3N3O4/c1-19(9-10-5-3-2-4-6-10)14-12(20(22)23)7-11(15(16,17)18)8-13(14)21(24)25/h2-8H,9H2,1H3. The summed E-state index contributed by atoms with van der Waals surface area (Å²) in [6.45, 7) is 0.0495. The molecule has 0 saturated carbocycles. The van der Waals surface area contributed by atoms with Crippen molar-refractivity contribution in [1.29, 1.82) is 0 Å². The van der Waals surface area contributed by atoms with Gasteiger partial charge in [0.15, 0.2) is 5.69 Å². The number of hydrogen-bond donors (Lipinski definition) is 0. The van der Waals surface area contributed by atoms with Crippen LogP contribution in [0.25, 0.3) is 0 Å². The maximum absolute atomic E-state index is 12.9. The monoisotopic (exact) mass is 355 g/mol. The fourth-order valence-electron chi connectivity index (χ4n) is 2.37. The quantitative estimate of drug-likeness (QED) is 0.593. The van der Waals surface area contributed by atoms with E-state index in [1.165, 1.54) is 11.9 Å². The maximum Gasteiger partial charge on any atom is 0.416 e. The van der Waals surface area contributed by atoms with E-state index >= 15 is 0 Å². The molecule has 0 aliphatic heterocycles. The van der Waals surface area contributed by atoms with E-state index in [1.54, 1.807) is 30.3 Å². The zero-order valence-corrected chi connectivity index (χ0v) is 12.9. The van der Waals surface area contributed by atoms with Gasteiger partial charge in [-0.2, -0.15) is 13.2 Å². The normalized spacial score (nSPS) is 11.2. The number of hydrogen-bond acceptors (Lipinski definition) is 5. The highest BCUT2D eigenvalue weighted by molar-refractivity contribution is 5.76. The molecule has 132 valence electrons. The molecule has 0 unspecified atom stereocenters. The number of nitro groups is 2. The molecule has 0 saturated heterocycles. The van der Waals surface area contributed by atoms with Crippen molar-refractivity contribution in [2.45, 2.75) is 12.7 Å². The highest BCUT2D eigenvalue weighted by Crippen LogP contribution is 2.43. The summed E-state index contributed by atoms with van der Waals surface area (Å²) in [5.74, 6) is 0. The largest absolute Gasteiger partial charge is 0.416 e. The molecular weight excluding hydrogens is 343 g/mol. The van der Waals surface area contributed by atoms with Gasteiger partial charge in [-0.3, -0.25) is 20.2 Å². The van der Waals surface area contributed by atoms with Gasteiger partial charge in [-0.1, -0.05) is 30.3 Å². The first-order chi connectivity index (χ1) is 11.6. The van der Waals surface area contributed by atoms with Crippen molar-refractivity contribution in [3.8, 4) is 0 Å². The number of halogens is 3. The van der Waals surface area contributed by atoms with E-state index in [9.17, 15) is 33.4 Å². The first-order valence-electron chi connectivity index (χ1n) is 6.90. The lowest BCUT2D eigenvalue weighted by atomic mass is 10.1. The molecule has 25 heavy (non-hydrogen) atoms. The Bertz CT molecular complexity index is 774. The Morgan fingerprint density at radius 2 is 1.48 bits per heavy atom. The van der Waals surface area contributed by atoms with E-state index in [0.717, 1.165) is 0 Å². The summed E-state index contributed by atoms with van der Waals surface area (Å²) in [7, 11) is 1.34. The van der Waals surface area contributed by atoms with Crippen molar-refractivity contribution in [1.82, 2.24) is 0 Å². The van der Waals surface area contributed by atoms with Crippen LogP contribution in [0.1, 0.15) is 11.1 Å². The second kappa shape index (κ2) is 6.75. The molecule has 0 bridgehead atoms. The van der Waals surface area contributed by atoms with Crippen LogP contribution < -0.4 is 4.90 Å². The van der Waals surface area contributed by atoms with Gasteiger partial charge in [-0.05, 0) is 5.56 Å². The molecule has 7 nitrogen and oxygen atoms in total.